The third kappa shape index (κ3) is 4.31. The van der Waals surface area contributed by atoms with Crippen molar-refractivity contribution < 1.29 is 9.59 Å². The van der Waals surface area contributed by atoms with E-state index in [1.807, 2.05) is 37.3 Å². The Morgan fingerprint density at radius 2 is 2.04 bits per heavy atom. The molecule has 3 rings (SSSR count). The molecule has 0 saturated carbocycles. The second-order valence-corrected chi connectivity index (χ2v) is 6.08. The van der Waals surface area contributed by atoms with Crippen LogP contribution in [0.1, 0.15) is 34.3 Å². The molecular formula is C19H22ClN3O2. The Kier molecular flexibility index (Phi) is 6.04. The number of hydrogen-bond acceptors (Lipinski definition) is 3. The summed E-state index contributed by atoms with van der Waals surface area (Å²) in [5, 5.41) is 2.91. The smallest absolute Gasteiger partial charge is 0.251 e. The monoisotopic (exact) mass is 359 g/mol. The maximum absolute atomic E-state index is 12.4. The molecule has 0 unspecified atom stereocenters. The van der Waals surface area contributed by atoms with Gasteiger partial charge in [-0.05, 0) is 48.7 Å². The Hall–Kier alpha value is -2.53. The van der Waals surface area contributed by atoms with Crippen LogP contribution in [0.4, 0.5) is 11.4 Å². The normalized spacial score (nSPS) is 13.5. The molecule has 0 spiro atoms. The van der Waals surface area contributed by atoms with Crippen LogP contribution in [0.15, 0.2) is 42.5 Å². The number of nitrogens with two attached hydrogens (primary N) is 1. The van der Waals surface area contributed by atoms with Gasteiger partial charge in [-0.3, -0.25) is 9.59 Å². The predicted molar refractivity (Wildman–Crippen MR) is 102 cm³/mol. The third-order valence-electron chi connectivity index (χ3n) is 4.25. The third-order valence-corrected chi connectivity index (χ3v) is 4.25. The molecule has 0 aliphatic carbocycles. The van der Waals surface area contributed by atoms with E-state index in [0.29, 0.717) is 24.2 Å². The summed E-state index contributed by atoms with van der Waals surface area (Å²) in [5.41, 5.74) is 9.65. The van der Waals surface area contributed by atoms with E-state index in [-0.39, 0.29) is 24.2 Å². The van der Waals surface area contributed by atoms with Crippen molar-refractivity contribution >= 4 is 35.6 Å². The fourth-order valence-corrected chi connectivity index (χ4v) is 2.92. The molecule has 6 heteroatoms. The minimum atomic E-state index is -0.151. The summed E-state index contributed by atoms with van der Waals surface area (Å²) >= 11 is 0. The maximum Gasteiger partial charge on any atom is 0.251 e. The number of nitrogens with one attached hydrogen (secondary N) is 1. The second-order valence-electron chi connectivity index (χ2n) is 6.08. The lowest BCUT2D eigenvalue weighted by molar-refractivity contribution is -0.117. The van der Waals surface area contributed by atoms with E-state index in [9.17, 15) is 9.59 Å². The van der Waals surface area contributed by atoms with Crippen LogP contribution in [-0.2, 0) is 11.3 Å². The van der Waals surface area contributed by atoms with Crippen LogP contribution < -0.4 is 16.0 Å². The topological polar surface area (TPSA) is 75.4 Å². The Balaban J connectivity index is 0.00000225. The van der Waals surface area contributed by atoms with Gasteiger partial charge < -0.3 is 16.0 Å². The van der Waals surface area contributed by atoms with E-state index >= 15 is 0 Å². The van der Waals surface area contributed by atoms with E-state index < -0.39 is 0 Å². The number of hydrogen-bond donors (Lipinski definition) is 2. The quantitative estimate of drug-likeness (QED) is 0.824. The van der Waals surface area contributed by atoms with Gasteiger partial charge in [-0.25, -0.2) is 0 Å². The Bertz CT molecular complexity index is 792. The van der Waals surface area contributed by atoms with Crippen LogP contribution in [0, 0.1) is 6.92 Å². The van der Waals surface area contributed by atoms with Crippen LogP contribution in [0.3, 0.4) is 0 Å². The van der Waals surface area contributed by atoms with E-state index in [2.05, 4.69) is 5.32 Å². The highest BCUT2D eigenvalue weighted by molar-refractivity contribution is 5.97. The van der Waals surface area contributed by atoms with Gasteiger partial charge >= 0.3 is 0 Å². The number of nitrogens with zero attached hydrogens (tertiary/aromatic N) is 1. The SMILES string of the molecule is Cc1ccc(N)cc1C(=O)NCc1cccc(N2CCCC2=O)c1.Cl. The Morgan fingerprint density at radius 1 is 1.24 bits per heavy atom. The zero-order valence-electron chi connectivity index (χ0n) is 14.1. The molecule has 1 aliphatic rings. The molecule has 1 fully saturated rings. The highest BCUT2D eigenvalue weighted by atomic mass is 35.5. The van der Waals surface area contributed by atoms with Crippen LogP contribution in [0.2, 0.25) is 0 Å². The highest BCUT2D eigenvalue weighted by Gasteiger charge is 2.21. The van der Waals surface area contributed by atoms with Crippen molar-refractivity contribution in [2.45, 2.75) is 26.3 Å². The zero-order chi connectivity index (χ0) is 17.1. The van der Waals surface area contributed by atoms with Crippen molar-refractivity contribution in [3.63, 3.8) is 0 Å². The van der Waals surface area contributed by atoms with Gasteiger partial charge in [-0.1, -0.05) is 18.2 Å². The molecule has 2 aromatic rings. The Morgan fingerprint density at radius 3 is 2.76 bits per heavy atom. The first kappa shape index (κ1) is 18.8. The minimum absolute atomic E-state index is 0. The van der Waals surface area contributed by atoms with Gasteiger partial charge in [0, 0.05) is 36.4 Å². The summed E-state index contributed by atoms with van der Waals surface area (Å²) in [4.78, 5) is 26.0. The number of benzene rings is 2. The first-order valence-corrected chi connectivity index (χ1v) is 8.08. The average Bonchev–Trinajstić information content (AvgIpc) is 3.01. The lowest BCUT2D eigenvalue weighted by Crippen LogP contribution is -2.25. The highest BCUT2D eigenvalue weighted by Crippen LogP contribution is 2.22. The molecule has 1 aliphatic heterocycles. The number of aryl methyl sites for hydroxylation is 1. The molecule has 132 valence electrons. The second kappa shape index (κ2) is 8.03. The largest absolute Gasteiger partial charge is 0.399 e. The molecule has 25 heavy (non-hydrogen) atoms. The lowest BCUT2D eigenvalue weighted by Gasteiger charge is -2.17. The van der Waals surface area contributed by atoms with Gasteiger partial charge in [0.2, 0.25) is 5.91 Å². The minimum Gasteiger partial charge on any atom is -0.399 e. The van der Waals surface area contributed by atoms with Crippen molar-refractivity contribution in [3.05, 3.63) is 59.2 Å². The lowest BCUT2D eigenvalue weighted by atomic mass is 10.1. The van der Waals surface area contributed by atoms with Crippen LogP contribution in [0.5, 0.6) is 0 Å². The molecule has 2 aromatic carbocycles. The molecule has 3 N–H and O–H groups in total. The van der Waals surface area contributed by atoms with Gasteiger partial charge in [0.05, 0.1) is 0 Å². The Labute approximate surface area is 153 Å². The van der Waals surface area contributed by atoms with Gasteiger partial charge in [0.1, 0.15) is 0 Å². The van der Waals surface area contributed by atoms with Crippen molar-refractivity contribution in [3.8, 4) is 0 Å². The number of carbonyl (C=O) groups is 2. The van der Waals surface area contributed by atoms with Crippen molar-refractivity contribution in [2.24, 2.45) is 0 Å². The summed E-state index contributed by atoms with van der Waals surface area (Å²) in [6.45, 7) is 3.05. The molecule has 1 saturated heterocycles. The van der Waals surface area contributed by atoms with Crippen molar-refractivity contribution in [1.29, 1.82) is 0 Å². The number of carbonyl (C=O) groups excluding carboxylic acids is 2. The fraction of sp³-hybridized carbons (Fsp3) is 0.263. The van der Waals surface area contributed by atoms with Crippen molar-refractivity contribution in [1.82, 2.24) is 5.32 Å². The number of nitrogen functional groups attached to an aromatic ring is 1. The molecule has 0 radical (unpaired) electrons. The maximum atomic E-state index is 12.4. The van der Waals surface area contributed by atoms with Crippen LogP contribution >= 0.6 is 12.4 Å². The summed E-state index contributed by atoms with van der Waals surface area (Å²) in [6, 6.07) is 13.0. The van der Waals surface area contributed by atoms with Crippen LogP contribution in [-0.4, -0.2) is 18.4 Å². The number of amides is 2. The van der Waals surface area contributed by atoms with Gasteiger partial charge in [-0.2, -0.15) is 0 Å². The van der Waals surface area contributed by atoms with Gasteiger partial charge in [-0.15, -0.1) is 12.4 Å². The van der Waals surface area contributed by atoms with Gasteiger partial charge in [0.15, 0.2) is 0 Å². The number of rotatable bonds is 4. The molecule has 0 bridgehead atoms. The van der Waals surface area contributed by atoms with Crippen molar-refractivity contribution in [2.75, 3.05) is 17.2 Å². The molecular weight excluding hydrogens is 338 g/mol. The predicted octanol–water partition coefficient (Wildman–Crippen LogP) is 3.06. The molecule has 0 aromatic heterocycles. The first-order chi connectivity index (χ1) is 11.5. The summed E-state index contributed by atoms with van der Waals surface area (Å²) < 4.78 is 0. The van der Waals surface area contributed by atoms with E-state index in [1.54, 1.807) is 17.0 Å². The van der Waals surface area contributed by atoms with Crippen LogP contribution in [0.25, 0.3) is 0 Å². The molecule has 2 amide bonds. The van der Waals surface area contributed by atoms with Gasteiger partial charge in [0.25, 0.3) is 5.91 Å². The summed E-state index contributed by atoms with van der Waals surface area (Å²) in [7, 11) is 0. The summed E-state index contributed by atoms with van der Waals surface area (Å²) in [5.74, 6) is 0.00835. The standard InChI is InChI=1S/C19H21N3O2.ClH/c1-13-7-8-15(20)11-17(13)19(24)21-12-14-4-2-5-16(10-14)22-9-3-6-18(22)23;/h2,4-5,7-8,10-11H,3,6,9,12,20H2,1H3,(H,21,24);1H. The average molecular weight is 360 g/mol. The molecule has 5 nitrogen and oxygen atoms in total. The van der Waals surface area contributed by atoms with E-state index in [0.717, 1.165) is 29.8 Å². The number of anilines is 2. The molecule has 1 heterocycles. The fourth-order valence-electron chi connectivity index (χ4n) is 2.92. The number of halogens is 1. The molecule has 0 atom stereocenters. The van der Waals surface area contributed by atoms with E-state index in [1.165, 1.54) is 0 Å². The zero-order valence-corrected chi connectivity index (χ0v) is 14.9. The first-order valence-electron chi connectivity index (χ1n) is 8.08. The van der Waals surface area contributed by atoms with E-state index in [4.69, 9.17) is 5.73 Å². The summed E-state index contributed by atoms with van der Waals surface area (Å²) in [6.07, 6.45) is 1.50.